The molecule has 2 nitrogen and oxygen atoms in total. The lowest BCUT2D eigenvalue weighted by molar-refractivity contribution is 0.112. The van der Waals surface area contributed by atoms with Crippen molar-refractivity contribution in [2.75, 3.05) is 7.11 Å². The summed E-state index contributed by atoms with van der Waals surface area (Å²) >= 11 is 7.41. The number of fused-ring (bicyclic) bond motifs is 1. The highest BCUT2D eigenvalue weighted by Gasteiger charge is 2.12. The molecule has 0 fully saturated rings. The van der Waals surface area contributed by atoms with E-state index in [4.69, 9.17) is 16.3 Å². The third-order valence-corrected chi connectivity index (χ3v) is 3.56. The van der Waals surface area contributed by atoms with Crippen LogP contribution in [0.1, 0.15) is 9.67 Å². The Hall–Kier alpha value is -1.06. The van der Waals surface area contributed by atoms with E-state index in [0.717, 1.165) is 16.4 Å². The molecule has 0 spiro atoms. The van der Waals surface area contributed by atoms with E-state index in [2.05, 4.69) is 0 Å². The van der Waals surface area contributed by atoms with Gasteiger partial charge in [0.1, 0.15) is 5.75 Å². The minimum Gasteiger partial charge on any atom is -0.496 e. The molecule has 0 saturated carbocycles. The Morgan fingerprint density at radius 2 is 2.29 bits per heavy atom. The maximum absolute atomic E-state index is 10.7. The number of carbonyl (C=O) groups excluding carboxylic acids is 1. The Bertz CT molecular complexity index is 490. The first-order chi connectivity index (χ1) is 6.77. The van der Waals surface area contributed by atoms with Gasteiger partial charge in [-0.25, -0.2) is 0 Å². The van der Waals surface area contributed by atoms with Gasteiger partial charge in [0.2, 0.25) is 0 Å². The zero-order chi connectivity index (χ0) is 10.1. The maximum Gasteiger partial charge on any atom is 0.161 e. The SMILES string of the molecule is COc1cccc2sc(C=O)c(Cl)c12. The molecule has 1 aromatic carbocycles. The summed E-state index contributed by atoms with van der Waals surface area (Å²) in [4.78, 5) is 11.2. The molecule has 0 unspecified atom stereocenters. The van der Waals surface area contributed by atoms with Crippen molar-refractivity contribution in [2.24, 2.45) is 0 Å². The second-order valence-corrected chi connectivity index (χ2v) is 4.19. The lowest BCUT2D eigenvalue weighted by Crippen LogP contribution is -1.82. The number of ether oxygens (including phenoxy) is 1. The van der Waals surface area contributed by atoms with Crippen molar-refractivity contribution in [3.8, 4) is 5.75 Å². The Labute approximate surface area is 90.1 Å². The Kier molecular flexibility index (Phi) is 2.44. The van der Waals surface area contributed by atoms with Crippen molar-refractivity contribution in [1.82, 2.24) is 0 Å². The number of benzene rings is 1. The van der Waals surface area contributed by atoms with E-state index in [1.807, 2.05) is 18.2 Å². The molecular weight excluding hydrogens is 220 g/mol. The molecule has 0 saturated heterocycles. The van der Waals surface area contributed by atoms with Crippen LogP contribution in [0.3, 0.4) is 0 Å². The van der Waals surface area contributed by atoms with Gasteiger partial charge in [0.05, 0.1) is 22.4 Å². The molecule has 1 heterocycles. The van der Waals surface area contributed by atoms with Crippen LogP contribution in [0.5, 0.6) is 5.75 Å². The summed E-state index contributed by atoms with van der Waals surface area (Å²) in [6, 6.07) is 5.62. The fourth-order valence-corrected chi connectivity index (χ4v) is 2.68. The lowest BCUT2D eigenvalue weighted by atomic mass is 10.2. The fourth-order valence-electron chi connectivity index (χ4n) is 1.34. The van der Waals surface area contributed by atoms with Crippen LogP contribution in [0.4, 0.5) is 0 Å². The van der Waals surface area contributed by atoms with Crippen LogP contribution >= 0.6 is 22.9 Å². The Balaban J connectivity index is 2.85. The molecule has 4 heteroatoms. The second-order valence-electron chi connectivity index (χ2n) is 2.73. The standard InChI is InChI=1S/C10H7ClO2S/c1-13-6-3-2-4-7-9(6)10(11)8(5-12)14-7/h2-5H,1H3. The molecule has 72 valence electrons. The lowest BCUT2D eigenvalue weighted by Gasteiger charge is -2.00. The highest BCUT2D eigenvalue weighted by molar-refractivity contribution is 7.21. The zero-order valence-electron chi connectivity index (χ0n) is 7.41. The van der Waals surface area contributed by atoms with Crippen LogP contribution in [0.2, 0.25) is 5.02 Å². The molecule has 0 aliphatic heterocycles. The summed E-state index contributed by atoms with van der Waals surface area (Å²) in [6.07, 6.45) is 0.770. The summed E-state index contributed by atoms with van der Waals surface area (Å²) in [5.74, 6) is 0.705. The second kappa shape index (κ2) is 3.59. The summed E-state index contributed by atoms with van der Waals surface area (Å²) < 4.78 is 6.14. The number of hydrogen-bond donors (Lipinski definition) is 0. The average Bonchev–Trinajstić information content (AvgIpc) is 2.55. The van der Waals surface area contributed by atoms with Crippen molar-refractivity contribution in [2.45, 2.75) is 0 Å². The number of aldehydes is 1. The van der Waals surface area contributed by atoms with E-state index in [0.29, 0.717) is 15.6 Å². The topological polar surface area (TPSA) is 26.3 Å². The number of rotatable bonds is 2. The van der Waals surface area contributed by atoms with Crippen molar-refractivity contribution < 1.29 is 9.53 Å². The Morgan fingerprint density at radius 1 is 1.50 bits per heavy atom. The van der Waals surface area contributed by atoms with Crippen molar-refractivity contribution >= 4 is 39.3 Å². The molecule has 0 N–H and O–H groups in total. The van der Waals surface area contributed by atoms with Crippen LogP contribution in [-0.4, -0.2) is 13.4 Å². The number of thiophene rings is 1. The highest BCUT2D eigenvalue weighted by Crippen LogP contribution is 2.39. The summed E-state index contributed by atoms with van der Waals surface area (Å²) in [5, 5.41) is 1.31. The van der Waals surface area contributed by atoms with Gasteiger partial charge in [-0.15, -0.1) is 11.3 Å². The first-order valence-corrected chi connectivity index (χ1v) is 5.17. The highest BCUT2D eigenvalue weighted by atomic mass is 35.5. The molecule has 0 aliphatic rings. The van der Waals surface area contributed by atoms with Gasteiger partial charge in [0.15, 0.2) is 6.29 Å². The van der Waals surface area contributed by atoms with Crippen molar-refractivity contribution in [3.05, 3.63) is 28.1 Å². The van der Waals surface area contributed by atoms with Gasteiger partial charge in [-0.3, -0.25) is 4.79 Å². The predicted octanol–water partition coefficient (Wildman–Crippen LogP) is 3.38. The van der Waals surface area contributed by atoms with Crippen LogP contribution in [-0.2, 0) is 0 Å². The first kappa shape index (κ1) is 9.49. The minimum atomic E-state index is 0.484. The molecule has 0 amide bonds. The molecule has 1 aromatic heterocycles. The van der Waals surface area contributed by atoms with E-state index < -0.39 is 0 Å². The molecule has 0 aliphatic carbocycles. The third kappa shape index (κ3) is 1.29. The quantitative estimate of drug-likeness (QED) is 0.734. The number of hydrogen-bond acceptors (Lipinski definition) is 3. The van der Waals surface area contributed by atoms with Gasteiger partial charge in [0.25, 0.3) is 0 Å². The molecule has 14 heavy (non-hydrogen) atoms. The van der Waals surface area contributed by atoms with Crippen LogP contribution < -0.4 is 4.74 Å². The van der Waals surface area contributed by atoms with Gasteiger partial charge in [-0.05, 0) is 12.1 Å². The third-order valence-electron chi connectivity index (χ3n) is 1.97. The number of carbonyl (C=O) groups is 1. The summed E-state index contributed by atoms with van der Waals surface area (Å²) in [6.45, 7) is 0. The minimum absolute atomic E-state index is 0.484. The molecular formula is C10H7ClO2S. The van der Waals surface area contributed by atoms with E-state index in [1.54, 1.807) is 7.11 Å². The van der Waals surface area contributed by atoms with Gasteiger partial charge in [-0.1, -0.05) is 17.7 Å². The zero-order valence-corrected chi connectivity index (χ0v) is 8.98. The fraction of sp³-hybridized carbons (Fsp3) is 0.100. The van der Waals surface area contributed by atoms with Crippen LogP contribution in [0.15, 0.2) is 18.2 Å². The van der Waals surface area contributed by atoms with Gasteiger partial charge in [-0.2, -0.15) is 0 Å². The number of halogens is 1. The van der Waals surface area contributed by atoms with Crippen LogP contribution in [0, 0.1) is 0 Å². The molecule has 0 bridgehead atoms. The average molecular weight is 227 g/mol. The van der Waals surface area contributed by atoms with E-state index in [1.165, 1.54) is 11.3 Å². The largest absolute Gasteiger partial charge is 0.496 e. The Morgan fingerprint density at radius 3 is 2.93 bits per heavy atom. The smallest absolute Gasteiger partial charge is 0.161 e. The monoisotopic (exact) mass is 226 g/mol. The summed E-state index contributed by atoms with van der Waals surface area (Å²) in [7, 11) is 1.59. The van der Waals surface area contributed by atoms with Crippen molar-refractivity contribution in [1.29, 1.82) is 0 Å². The summed E-state index contributed by atoms with van der Waals surface area (Å²) in [5.41, 5.74) is 0. The van der Waals surface area contributed by atoms with E-state index in [-0.39, 0.29) is 0 Å². The first-order valence-electron chi connectivity index (χ1n) is 3.98. The van der Waals surface area contributed by atoms with E-state index in [9.17, 15) is 4.79 Å². The van der Waals surface area contributed by atoms with E-state index >= 15 is 0 Å². The van der Waals surface area contributed by atoms with Gasteiger partial charge in [0, 0.05) is 4.70 Å². The molecule has 2 aromatic rings. The van der Waals surface area contributed by atoms with Crippen LogP contribution in [0.25, 0.3) is 10.1 Å². The maximum atomic E-state index is 10.7. The van der Waals surface area contributed by atoms with Crippen molar-refractivity contribution in [3.63, 3.8) is 0 Å². The predicted molar refractivity (Wildman–Crippen MR) is 58.8 cm³/mol. The molecule has 2 rings (SSSR count). The number of methoxy groups -OCH3 is 1. The van der Waals surface area contributed by atoms with Gasteiger partial charge < -0.3 is 4.74 Å². The molecule has 0 radical (unpaired) electrons. The normalized spacial score (nSPS) is 10.4. The molecule has 0 atom stereocenters. The van der Waals surface area contributed by atoms with Gasteiger partial charge >= 0.3 is 0 Å².